The van der Waals surface area contributed by atoms with Crippen molar-refractivity contribution in [2.24, 2.45) is 4.99 Å². The molecule has 0 atom stereocenters. The van der Waals surface area contributed by atoms with E-state index in [-0.39, 0.29) is 29.7 Å². The van der Waals surface area contributed by atoms with Gasteiger partial charge in [-0.15, -0.1) is 24.0 Å². The maximum atomic E-state index is 11.3. The molecule has 0 aliphatic rings. The topological polar surface area (TPSA) is 82.6 Å². The number of benzene rings is 1. The summed E-state index contributed by atoms with van der Waals surface area (Å²) in [5.41, 5.74) is 1.21. The first-order valence-corrected chi connectivity index (χ1v) is 10.2. The zero-order valence-electron chi connectivity index (χ0n) is 14.7. The molecule has 3 N–H and O–H groups in total. The van der Waals surface area contributed by atoms with Crippen LogP contribution >= 0.6 is 35.6 Å². The van der Waals surface area contributed by atoms with E-state index in [0.29, 0.717) is 19.5 Å². The molecule has 0 unspecified atom stereocenters. The average molecular weight is 503 g/mol. The van der Waals surface area contributed by atoms with E-state index in [4.69, 9.17) is 11.6 Å². The van der Waals surface area contributed by atoms with Crippen LogP contribution in [0.1, 0.15) is 25.8 Å². The van der Waals surface area contributed by atoms with Crippen molar-refractivity contribution in [3.63, 3.8) is 0 Å². The standard InChI is InChI=1S/C16H27ClN4O2S.HI/c1-3-18-16(19-11-5-12-21-24(22,23)4-2)20-13-10-14-6-8-15(17)9-7-14;/h6-9,21H,3-5,10-13H2,1-2H3,(H2,18,19,20);1H. The predicted octanol–water partition coefficient (Wildman–Crippen LogP) is 2.39. The number of nitrogens with zero attached hydrogens (tertiary/aromatic N) is 1. The van der Waals surface area contributed by atoms with E-state index >= 15 is 0 Å². The van der Waals surface area contributed by atoms with Gasteiger partial charge in [0.1, 0.15) is 0 Å². The number of hydrogen-bond donors (Lipinski definition) is 3. The van der Waals surface area contributed by atoms with Crippen molar-refractivity contribution in [1.82, 2.24) is 15.4 Å². The number of nitrogens with one attached hydrogen (secondary N) is 3. The Morgan fingerprint density at radius 1 is 1.12 bits per heavy atom. The van der Waals surface area contributed by atoms with Crippen LogP contribution in [0.5, 0.6) is 0 Å². The summed E-state index contributed by atoms with van der Waals surface area (Å²) in [6, 6.07) is 7.78. The van der Waals surface area contributed by atoms with Gasteiger partial charge in [-0.2, -0.15) is 0 Å². The van der Waals surface area contributed by atoms with Crippen LogP contribution in [0.15, 0.2) is 29.3 Å². The van der Waals surface area contributed by atoms with E-state index in [1.807, 2.05) is 31.2 Å². The van der Waals surface area contributed by atoms with Crippen LogP contribution in [0, 0.1) is 0 Å². The molecule has 0 fully saturated rings. The highest BCUT2D eigenvalue weighted by Gasteiger charge is 2.04. The summed E-state index contributed by atoms with van der Waals surface area (Å²) in [5.74, 6) is 0.843. The molecule has 0 amide bonds. The van der Waals surface area contributed by atoms with Gasteiger partial charge in [0, 0.05) is 31.2 Å². The minimum absolute atomic E-state index is 0. The van der Waals surface area contributed by atoms with Crippen molar-refractivity contribution < 1.29 is 8.42 Å². The number of aliphatic imine (C=N–C) groups is 1. The summed E-state index contributed by atoms with van der Waals surface area (Å²) in [7, 11) is -3.12. The molecule has 0 bridgehead atoms. The van der Waals surface area contributed by atoms with Gasteiger partial charge in [0.25, 0.3) is 0 Å². The Labute approximate surface area is 173 Å². The van der Waals surface area contributed by atoms with Gasteiger partial charge in [-0.25, -0.2) is 13.1 Å². The summed E-state index contributed by atoms with van der Waals surface area (Å²) in [5, 5.41) is 7.18. The molecule has 0 aliphatic carbocycles. The molecular formula is C16H28ClIN4O2S. The summed E-state index contributed by atoms with van der Waals surface area (Å²) in [4.78, 5) is 4.44. The van der Waals surface area contributed by atoms with E-state index < -0.39 is 10.0 Å². The molecule has 0 aliphatic heterocycles. The molecule has 0 saturated heterocycles. The second-order valence-electron chi connectivity index (χ2n) is 5.22. The SMILES string of the molecule is CCNC(=NCCCNS(=O)(=O)CC)NCCc1ccc(Cl)cc1.I. The van der Waals surface area contributed by atoms with Gasteiger partial charge in [-0.05, 0) is 44.4 Å². The number of rotatable bonds is 10. The Hall–Kier alpha value is -0.580. The normalized spacial score (nSPS) is 11.7. The second-order valence-corrected chi connectivity index (χ2v) is 7.75. The minimum Gasteiger partial charge on any atom is -0.357 e. The third kappa shape index (κ3) is 11.6. The van der Waals surface area contributed by atoms with Crippen molar-refractivity contribution >= 4 is 51.6 Å². The van der Waals surface area contributed by atoms with Crippen molar-refractivity contribution in [2.45, 2.75) is 26.7 Å². The highest BCUT2D eigenvalue weighted by molar-refractivity contribution is 14.0. The van der Waals surface area contributed by atoms with E-state index in [0.717, 1.165) is 30.5 Å². The molecule has 0 aromatic heterocycles. The molecule has 144 valence electrons. The number of sulfonamides is 1. The lowest BCUT2D eigenvalue weighted by molar-refractivity contribution is 0.581. The van der Waals surface area contributed by atoms with Crippen molar-refractivity contribution in [2.75, 3.05) is 31.9 Å². The van der Waals surface area contributed by atoms with E-state index in [1.54, 1.807) is 6.92 Å². The molecule has 1 aromatic carbocycles. The zero-order chi connectivity index (χ0) is 17.8. The van der Waals surface area contributed by atoms with Gasteiger partial charge in [0.05, 0.1) is 5.75 Å². The fourth-order valence-electron chi connectivity index (χ4n) is 1.92. The summed E-state index contributed by atoms with van der Waals surface area (Å²) < 4.78 is 25.2. The van der Waals surface area contributed by atoms with Crippen LogP contribution < -0.4 is 15.4 Å². The summed E-state index contributed by atoms with van der Waals surface area (Å²) in [6.45, 7) is 6.12. The predicted molar refractivity (Wildman–Crippen MR) is 117 cm³/mol. The lowest BCUT2D eigenvalue weighted by Crippen LogP contribution is -2.38. The molecule has 1 rings (SSSR count). The zero-order valence-corrected chi connectivity index (χ0v) is 18.6. The smallest absolute Gasteiger partial charge is 0.211 e. The maximum Gasteiger partial charge on any atom is 0.211 e. The summed E-state index contributed by atoms with van der Waals surface area (Å²) in [6.07, 6.45) is 1.53. The van der Waals surface area contributed by atoms with Crippen LogP contribution in [0.3, 0.4) is 0 Å². The van der Waals surface area contributed by atoms with Crippen LogP contribution in [0.4, 0.5) is 0 Å². The monoisotopic (exact) mass is 502 g/mol. The molecule has 0 saturated carbocycles. The third-order valence-corrected chi connectivity index (χ3v) is 4.93. The van der Waals surface area contributed by atoms with Crippen molar-refractivity contribution in [1.29, 1.82) is 0 Å². The van der Waals surface area contributed by atoms with E-state index in [1.165, 1.54) is 5.56 Å². The van der Waals surface area contributed by atoms with Gasteiger partial charge >= 0.3 is 0 Å². The first kappa shape index (κ1) is 24.4. The molecule has 0 heterocycles. The molecule has 0 radical (unpaired) electrons. The fourth-order valence-corrected chi connectivity index (χ4v) is 2.70. The minimum atomic E-state index is -3.12. The number of hydrogen-bond acceptors (Lipinski definition) is 3. The van der Waals surface area contributed by atoms with Gasteiger partial charge in [0.15, 0.2) is 5.96 Å². The first-order chi connectivity index (χ1) is 11.5. The highest BCUT2D eigenvalue weighted by Crippen LogP contribution is 2.09. The molecule has 0 spiro atoms. The highest BCUT2D eigenvalue weighted by atomic mass is 127. The molecular weight excluding hydrogens is 475 g/mol. The van der Waals surface area contributed by atoms with Crippen LogP contribution in [0.2, 0.25) is 5.02 Å². The van der Waals surface area contributed by atoms with Gasteiger partial charge < -0.3 is 10.6 Å². The summed E-state index contributed by atoms with van der Waals surface area (Å²) >= 11 is 5.87. The third-order valence-electron chi connectivity index (χ3n) is 3.27. The lowest BCUT2D eigenvalue weighted by Gasteiger charge is -2.11. The Kier molecular flexibility index (Phi) is 13.3. The second kappa shape index (κ2) is 13.6. The molecule has 25 heavy (non-hydrogen) atoms. The molecule has 9 heteroatoms. The van der Waals surface area contributed by atoms with Gasteiger partial charge in [-0.3, -0.25) is 4.99 Å². The van der Waals surface area contributed by atoms with E-state index in [9.17, 15) is 8.42 Å². The van der Waals surface area contributed by atoms with E-state index in [2.05, 4.69) is 20.3 Å². The molecule has 6 nitrogen and oxygen atoms in total. The fraction of sp³-hybridized carbons (Fsp3) is 0.562. The first-order valence-electron chi connectivity index (χ1n) is 8.20. The van der Waals surface area contributed by atoms with Crippen LogP contribution in [-0.4, -0.2) is 46.3 Å². The number of guanidine groups is 1. The maximum absolute atomic E-state index is 11.3. The Balaban J connectivity index is 0.00000576. The average Bonchev–Trinajstić information content (AvgIpc) is 2.56. The van der Waals surface area contributed by atoms with Crippen molar-refractivity contribution in [3.8, 4) is 0 Å². The quantitative estimate of drug-likeness (QED) is 0.199. The van der Waals surface area contributed by atoms with Gasteiger partial charge in [-0.1, -0.05) is 23.7 Å². The molecule has 1 aromatic rings. The van der Waals surface area contributed by atoms with Crippen molar-refractivity contribution in [3.05, 3.63) is 34.9 Å². The van der Waals surface area contributed by atoms with Crippen LogP contribution in [-0.2, 0) is 16.4 Å². The largest absolute Gasteiger partial charge is 0.357 e. The Morgan fingerprint density at radius 2 is 1.80 bits per heavy atom. The Morgan fingerprint density at radius 3 is 2.40 bits per heavy atom. The lowest BCUT2D eigenvalue weighted by atomic mass is 10.1. The van der Waals surface area contributed by atoms with Gasteiger partial charge in [0.2, 0.25) is 10.0 Å². The van der Waals surface area contributed by atoms with Crippen LogP contribution in [0.25, 0.3) is 0 Å². The number of halogens is 2. The Bertz CT molecular complexity index is 609.